The molecule has 7 nitrogen and oxygen atoms in total. The van der Waals surface area contributed by atoms with Crippen molar-refractivity contribution >= 4 is 27.8 Å². The maximum absolute atomic E-state index is 12.3. The van der Waals surface area contributed by atoms with Crippen LogP contribution in [-0.4, -0.2) is 45.9 Å². The highest BCUT2D eigenvalue weighted by molar-refractivity contribution is 9.10. The lowest BCUT2D eigenvalue weighted by molar-refractivity contribution is -0.124. The number of nitrogens with one attached hydrogen (secondary N) is 1. The minimum atomic E-state index is -0.624. The number of carbonyl (C=O) groups excluding carboxylic acids is 2. The van der Waals surface area contributed by atoms with Crippen molar-refractivity contribution in [2.75, 3.05) is 34.0 Å². The van der Waals surface area contributed by atoms with Crippen LogP contribution < -0.4 is 19.5 Å². The van der Waals surface area contributed by atoms with Crippen molar-refractivity contribution in [2.45, 2.75) is 19.8 Å². The van der Waals surface area contributed by atoms with Crippen LogP contribution in [0.2, 0.25) is 0 Å². The van der Waals surface area contributed by atoms with Crippen molar-refractivity contribution in [3.05, 3.63) is 52.0 Å². The van der Waals surface area contributed by atoms with Gasteiger partial charge in [-0.3, -0.25) is 4.79 Å². The van der Waals surface area contributed by atoms with Crippen LogP contribution in [0.5, 0.6) is 17.2 Å². The zero-order valence-corrected chi connectivity index (χ0v) is 18.9. The molecule has 1 amide bonds. The normalized spacial score (nSPS) is 10.3. The topological polar surface area (TPSA) is 83.1 Å². The highest BCUT2D eigenvalue weighted by Gasteiger charge is 2.17. The average molecular weight is 480 g/mol. The van der Waals surface area contributed by atoms with Crippen LogP contribution in [0.1, 0.15) is 29.3 Å². The standard InChI is InChI=1S/C22H26BrNO6/c1-4-11-29-21-18(23)12-16(13-19(21)28-3)22(26)30-14-20(25)24-10-9-15-5-7-17(27-2)8-6-15/h5-8,12-13H,4,9-11,14H2,1-3H3,(H,24,25). The Morgan fingerprint density at radius 3 is 2.43 bits per heavy atom. The van der Waals surface area contributed by atoms with E-state index in [9.17, 15) is 9.59 Å². The number of rotatable bonds is 11. The van der Waals surface area contributed by atoms with Gasteiger partial charge in [-0.05, 0) is 58.6 Å². The third kappa shape index (κ3) is 6.95. The molecular formula is C22H26BrNO6. The van der Waals surface area contributed by atoms with Gasteiger partial charge in [0.1, 0.15) is 5.75 Å². The smallest absolute Gasteiger partial charge is 0.338 e. The van der Waals surface area contributed by atoms with Crippen LogP contribution in [0.4, 0.5) is 0 Å². The third-order valence-corrected chi connectivity index (χ3v) is 4.73. The summed E-state index contributed by atoms with van der Waals surface area (Å²) in [6, 6.07) is 10.7. The first-order valence-corrected chi connectivity index (χ1v) is 10.3. The van der Waals surface area contributed by atoms with E-state index in [1.807, 2.05) is 31.2 Å². The second kappa shape index (κ2) is 12.1. The van der Waals surface area contributed by atoms with Gasteiger partial charge >= 0.3 is 5.97 Å². The van der Waals surface area contributed by atoms with Crippen LogP contribution in [0.25, 0.3) is 0 Å². The molecule has 0 aliphatic rings. The van der Waals surface area contributed by atoms with Crippen LogP contribution in [0.3, 0.4) is 0 Å². The number of esters is 1. The molecule has 0 aliphatic heterocycles. The SMILES string of the molecule is CCCOc1c(Br)cc(C(=O)OCC(=O)NCCc2ccc(OC)cc2)cc1OC. The highest BCUT2D eigenvalue weighted by atomic mass is 79.9. The van der Waals surface area contributed by atoms with Gasteiger partial charge in [-0.2, -0.15) is 0 Å². The molecular weight excluding hydrogens is 454 g/mol. The van der Waals surface area contributed by atoms with Crippen molar-refractivity contribution in [3.63, 3.8) is 0 Å². The Bertz CT molecular complexity index is 853. The lowest BCUT2D eigenvalue weighted by Gasteiger charge is -2.13. The number of hydrogen-bond acceptors (Lipinski definition) is 6. The number of carbonyl (C=O) groups is 2. The fraction of sp³-hybridized carbons (Fsp3) is 0.364. The molecule has 0 saturated carbocycles. The minimum Gasteiger partial charge on any atom is -0.497 e. The number of ether oxygens (including phenoxy) is 4. The Kier molecular flexibility index (Phi) is 9.47. The summed E-state index contributed by atoms with van der Waals surface area (Å²) in [5.74, 6) is 0.718. The summed E-state index contributed by atoms with van der Waals surface area (Å²) in [5, 5.41) is 2.73. The molecule has 0 saturated heterocycles. The molecule has 2 aromatic carbocycles. The van der Waals surface area contributed by atoms with Crippen LogP contribution in [-0.2, 0) is 16.0 Å². The number of amides is 1. The Balaban J connectivity index is 1.83. The van der Waals surface area contributed by atoms with E-state index in [-0.39, 0.29) is 18.1 Å². The highest BCUT2D eigenvalue weighted by Crippen LogP contribution is 2.37. The molecule has 1 N–H and O–H groups in total. The molecule has 0 fully saturated rings. The minimum absolute atomic E-state index is 0.258. The van der Waals surface area contributed by atoms with E-state index < -0.39 is 5.97 Å². The predicted octanol–water partition coefficient (Wildman–Crippen LogP) is 3.77. The monoisotopic (exact) mass is 479 g/mol. The van der Waals surface area contributed by atoms with Crippen LogP contribution >= 0.6 is 15.9 Å². The summed E-state index contributed by atoms with van der Waals surface area (Å²) in [7, 11) is 3.10. The third-order valence-electron chi connectivity index (χ3n) is 4.14. The van der Waals surface area contributed by atoms with E-state index in [0.29, 0.717) is 35.5 Å². The Morgan fingerprint density at radius 2 is 1.80 bits per heavy atom. The molecule has 0 spiro atoms. The van der Waals surface area contributed by atoms with Crippen molar-refractivity contribution in [1.29, 1.82) is 0 Å². The molecule has 0 aliphatic carbocycles. The molecule has 0 atom stereocenters. The van der Waals surface area contributed by atoms with Crippen LogP contribution in [0.15, 0.2) is 40.9 Å². The van der Waals surface area contributed by atoms with E-state index in [4.69, 9.17) is 18.9 Å². The van der Waals surface area contributed by atoms with Gasteiger partial charge in [-0.1, -0.05) is 19.1 Å². The molecule has 162 valence electrons. The summed E-state index contributed by atoms with van der Waals surface area (Å²) >= 11 is 3.38. The molecule has 8 heteroatoms. The van der Waals surface area contributed by atoms with Crippen LogP contribution in [0, 0.1) is 0 Å². The van der Waals surface area contributed by atoms with Crippen molar-refractivity contribution in [3.8, 4) is 17.2 Å². The zero-order valence-electron chi connectivity index (χ0n) is 17.3. The van der Waals surface area contributed by atoms with Gasteiger partial charge < -0.3 is 24.3 Å². The predicted molar refractivity (Wildman–Crippen MR) is 116 cm³/mol. The second-order valence-corrected chi connectivity index (χ2v) is 7.22. The number of hydrogen-bond donors (Lipinski definition) is 1. The van der Waals surface area contributed by atoms with Crippen molar-refractivity contribution in [2.24, 2.45) is 0 Å². The van der Waals surface area contributed by atoms with E-state index in [2.05, 4.69) is 21.2 Å². The zero-order chi connectivity index (χ0) is 21.9. The molecule has 0 heterocycles. The molecule has 2 aromatic rings. The molecule has 0 radical (unpaired) electrons. The lowest BCUT2D eigenvalue weighted by atomic mass is 10.1. The van der Waals surface area contributed by atoms with Gasteiger partial charge in [0.2, 0.25) is 0 Å². The summed E-state index contributed by atoms with van der Waals surface area (Å²) in [4.78, 5) is 24.3. The Morgan fingerprint density at radius 1 is 1.07 bits per heavy atom. The van der Waals surface area contributed by atoms with Gasteiger partial charge in [0.15, 0.2) is 18.1 Å². The fourth-order valence-corrected chi connectivity index (χ4v) is 3.14. The van der Waals surface area contributed by atoms with Gasteiger partial charge in [-0.25, -0.2) is 4.79 Å². The second-order valence-electron chi connectivity index (χ2n) is 6.36. The molecule has 30 heavy (non-hydrogen) atoms. The van der Waals surface area contributed by atoms with E-state index in [1.54, 1.807) is 13.2 Å². The Hall–Kier alpha value is -2.74. The summed E-state index contributed by atoms with van der Waals surface area (Å²) in [5.41, 5.74) is 1.32. The first-order chi connectivity index (χ1) is 14.5. The maximum atomic E-state index is 12.3. The number of methoxy groups -OCH3 is 2. The molecule has 0 aromatic heterocycles. The van der Waals surface area contributed by atoms with Gasteiger partial charge in [-0.15, -0.1) is 0 Å². The first kappa shape index (κ1) is 23.5. The summed E-state index contributed by atoms with van der Waals surface area (Å²) in [6.45, 7) is 2.59. The largest absolute Gasteiger partial charge is 0.497 e. The van der Waals surface area contributed by atoms with E-state index >= 15 is 0 Å². The van der Waals surface area contributed by atoms with Crippen molar-refractivity contribution < 1.29 is 28.5 Å². The average Bonchev–Trinajstić information content (AvgIpc) is 2.76. The Labute approximate surface area is 184 Å². The van der Waals surface area contributed by atoms with E-state index in [1.165, 1.54) is 13.2 Å². The van der Waals surface area contributed by atoms with Crippen molar-refractivity contribution in [1.82, 2.24) is 5.32 Å². The fourth-order valence-electron chi connectivity index (χ4n) is 2.59. The molecule has 0 unspecified atom stereocenters. The number of benzene rings is 2. The van der Waals surface area contributed by atoms with Gasteiger partial charge in [0.05, 0.1) is 30.9 Å². The number of halogens is 1. The molecule has 0 bridgehead atoms. The first-order valence-electron chi connectivity index (χ1n) is 9.55. The summed E-state index contributed by atoms with van der Waals surface area (Å²) < 4.78 is 21.7. The molecule has 2 rings (SSSR count). The maximum Gasteiger partial charge on any atom is 0.338 e. The van der Waals surface area contributed by atoms with Gasteiger partial charge in [0.25, 0.3) is 5.91 Å². The van der Waals surface area contributed by atoms with Gasteiger partial charge in [0, 0.05) is 6.54 Å². The summed E-state index contributed by atoms with van der Waals surface area (Å²) in [6.07, 6.45) is 1.50. The van der Waals surface area contributed by atoms with E-state index in [0.717, 1.165) is 17.7 Å². The quantitative estimate of drug-likeness (QED) is 0.493. The lowest BCUT2D eigenvalue weighted by Crippen LogP contribution is -2.30.